The van der Waals surface area contributed by atoms with Gasteiger partial charge in [-0.2, -0.15) is 0 Å². The molecule has 1 aliphatic rings. The summed E-state index contributed by atoms with van der Waals surface area (Å²) < 4.78 is 26.3. The van der Waals surface area contributed by atoms with E-state index in [1.165, 1.54) is 12.8 Å². The summed E-state index contributed by atoms with van der Waals surface area (Å²) in [5, 5.41) is -0.485. The zero-order valence-corrected chi connectivity index (χ0v) is 10.2. The average Bonchev–Trinajstić information content (AvgIpc) is 2.44. The molecule has 1 aliphatic carbocycles. The van der Waals surface area contributed by atoms with Gasteiger partial charge in [-0.05, 0) is 19.8 Å². The van der Waals surface area contributed by atoms with E-state index < -0.39 is 15.3 Å². The molecule has 15 heavy (non-hydrogen) atoms. The number of hydrogen-bond donors (Lipinski definition) is 2. The summed E-state index contributed by atoms with van der Waals surface area (Å²) in [6.45, 7) is 1.83. The molecule has 1 fully saturated rings. The third kappa shape index (κ3) is 4.09. The van der Waals surface area contributed by atoms with Crippen LogP contribution in [0, 0.1) is 0 Å². The third-order valence-electron chi connectivity index (χ3n) is 3.05. The van der Waals surface area contributed by atoms with Crippen LogP contribution >= 0.6 is 0 Å². The third-order valence-corrected chi connectivity index (χ3v) is 4.96. The maximum Gasteiger partial charge on any atom is 0.215 e. The van der Waals surface area contributed by atoms with E-state index in [1.54, 1.807) is 6.92 Å². The highest BCUT2D eigenvalue weighted by molar-refractivity contribution is 7.90. The minimum atomic E-state index is -3.20. The van der Waals surface area contributed by atoms with Gasteiger partial charge in [0.2, 0.25) is 10.0 Å². The van der Waals surface area contributed by atoms with Crippen LogP contribution in [0.3, 0.4) is 0 Å². The van der Waals surface area contributed by atoms with E-state index >= 15 is 0 Å². The first-order valence-electron chi connectivity index (χ1n) is 5.77. The SMILES string of the molecule is CC(CN)S(=O)(=O)NC1CCCCCC1. The number of nitrogens with one attached hydrogen (secondary N) is 1. The fourth-order valence-electron chi connectivity index (χ4n) is 1.87. The van der Waals surface area contributed by atoms with Crippen LogP contribution in [0.5, 0.6) is 0 Å². The van der Waals surface area contributed by atoms with Crippen molar-refractivity contribution in [1.29, 1.82) is 0 Å². The quantitative estimate of drug-likeness (QED) is 0.712. The van der Waals surface area contributed by atoms with Crippen LogP contribution in [0.1, 0.15) is 45.4 Å². The zero-order chi connectivity index (χ0) is 11.3. The lowest BCUT2D eigenvalue weighted by molar-refractivity contribution is 0.503. The van der Waals surface area contributed by atoms with Crippen molar-refractivity contribution in [2.45, 2.75) is 56.7 Å². The van der Waals surface area contributed by atoms with E-state index in [9.17, 15) is 8.42 Å². The second kappa shape index (κ2) is 5.82. The first-order chi connectivity index (χ1) is 7.06. The molecule has 0 aromatic carbocycles. The Morgan fingerprint density at radius 3 is 2.27 bits per heavy atom. The molecular formula is C10H22N2O2S. The van der Waals surface area contributed by atoms with Crippen LogP contribution in [0.4, 0.5) is 0 Å². The maximum absolute atomic E-state index is 11.8. The lowest BCUT2D eigenvalue weighted by Gasteiger charge is -2.19. The summed E-state index contributed by atoms with van der Waals surface area (Å²) in [5.74, 6) is 0. The fourth-order valence-corrected chi connectivity index (χ4v) is 3.06. The second-order valence-corrected chi connectivity index (χ2v) is 6.53. The molecule has 90 valence electrons. The van der Waals surface area contributed by atoms with Crippen molar-refractivity contribution in [1.82, 2.24) is 4.72 Å². The van der Waals surface area contributed by atoms with Gasteiger partial charge in [0, 0.05) is 12.6 Å². The molecule has 0 aromatic rings. The Balaban J connectivity index is 2.51. The molecule has 0 saturated heterocycles. The highest BCUT2D eigenvalue weighted by atomic mass is 32.2. The number of hydrogen-bond acceptors (Lipinski definition) is 3. The Labute approximate surface area is 92.7 Å². The van der Waals surface area contributed by atoms with Gasteiger partial charge in [0.25, 0.3) is 0 Å². The predicted octanol–water partition coefficient (Wildman–Crippen LogP) is 0.976. The van der Waals surface area contributed by atoms with Crippen molar-refractivity contribution in [2.75, 3.05) is 6.54 Å². The summed E-state index contributed by atoms with van der Waals surface area (Å²) in [6, 6.07) is 0.131. The van der Waals surface area contributed by atoms with E-state index in [2.05, 4.69) is 4.72 Å². The molecule has 1 unspecified atom stereocenters. The van der Waals surface area contributed by atoms with Crippen LogP contribution < -0.4 is 10.5 Å². The monoisotopic (exact) mass is 234 g/mol. The molecule has 0 bridgehead atoms. The number of nitrogens with two attached hydrogens (primary N) is 1. The molecule has 0 radical (unpaired) electrons. The standard InChI is InChI=1S/C10H22N2O2S/c1-9(8-11)15(13,14)12-10-6-4-2-3-5-7-10/h9-10,12H,2-8,11H2,1H3. The lowest BCUT2D eigenvalue weighted by atomic mass is 10.1. The van der Waals surface area contributed by atoms with E-state index in [4.69, 9.17) is 5.73 Å². The largest absolute Gasteiger partial charge is 0.329 e. The molecule has 0 aromatic heterocycles. The molecule has 1 saturated carbocycles. The highest BCUT2D eigenvalue weighted by Gasteiger charge is 2.23. The van der Waals surface area contributed by atoms with Crippen molar-refractivity contribution in [3.63, 3.8) is 0 Å². The van der Waals surface area contributed by atoms with Gasteiger partial charge in [0.15, 0.2) is 0 Å². The minimum absolute atomic E-state index is 0.131. The molecule has 4 nitrogen and oxygen atoms in total. The van der Waals surface area contributed by atoms with Gasteiger partial charge in [-0.1, -0.05) is 25.7 Å². The van der Waals surface area contributed by atoms with Crippen LogP contribution in [0.25, 0.3) is 0 Å². The smallest absolute Gasteiger partial charge is 0.215 e. The molecule has 0 heterocycles. The van der Waals surface area contributed by atoms with Crippen molar-refractivity contribution >= 4 is 10.0 Å². The summed E-state index contributed by atoms with van der Waals surface area (Å²) in [5.41, 5.74) is 5.37. The molecular weight excluding hydrogens is 212 g/mol. The summed E-state index contributed by atoms with van der Waals surface area (Å²) >= 11 is 0. The first kappa shape index (κ1) is 12.9. The van der Waals surface area contributed by atoms with Crippen LogP contribution in [-0.4, -0.2) is 26.3 Å². The first-order valence-corrected chi connectivity index (χ1v) is 7.32. The van der Waals surface area contributed by atoms with E-state index in [0.717, 1.165) is 25.7 Å². The lowest BCUT2D eigenvalue weighted by Crippen LogP contribution is -2.42. The van der Waals surface area contributed by atoms with Crippen molar-refractivity contribution < 1.29 is 8.42 Å². The average molecular weight is 234 g/mol. The molecule has 0 aliphatic heterocycles. The Kier molecular flexibility index (Phi) is 5.02. The van der Waals surface area contributed by atoms with Gasteiger partial charge in [0.05, 0.1) is 5.25 Å². The fraction of sp³-hybridized carbons (Fsp3) is 1.00. The number of rotatable bonds is 4. The summed E-state index contributed by atoms with van der Waals surface area (Å²) in [6.07, 6.45) is 6.65. The van der Waals surface area contributed by atoms with Gasteiger partial charge in [-0.25, -0.2) is 13.1 Å². The Morgan fingerprint density at radius 2 is 1.80 bits per heavy atom. The van der Waals surface area contributed by atoms with Gasteiger partial charge >= 0.3 is 0 Å². The van der Waals surface area contributed by atoms with Crippen LogP contribution in [0.2, 0.25) is 0 Å². The Bertz CT molecular complexity index is 269. The Morgan fingerprint density at radius 1 is 1.27 bits per heavy atom. The highest BCUT2D eigenvalue weighted by Crippen LogP contribution is 2.18. The molecule has 0 spiro atoms. The van der Waals surface area contributed by atoms with Crippen molar-refractivity contribution in [3.05, 3.63) is 0 Å². The Hall–Kier alpha value is -0.130. The van der Waals surface area contributed by atoms with E-state index in [1.807, 2.05) is 0 Å². The second-order valence-electron chi connectivity index (χ2n) is 4.40. The van der Waals surface area contributed by atoms with Gasteiger partial charge in [-0.15, -0.1) is 0 Å². The summed E-state index contributed by atoms with van der Waals surface area (Å²) in [7, 11) is -3.20. The van der Waals surface area contributed by atoms with Crippen molar-refractivity contribution in [3.8, 4) is 0 Å². The van der Waals surface area contributed by atoms with E-state index in [0.29, 0.717) is 0 Å². The minimum Gasteiger partial charge on any atom is -0.329 e. The van der Waals surface area contributed by atoms with Gasteiger partial charge in [0.1, 0.15) is 0 Å². The molecule has 5 heteroatoms. The molecule has 1 atom stereocenters. The maximum atomic E-state index is 11.8. The molecule has 0 amide bonds. The van der Waals surface area contributed by atoms with E-state index in [-0.39, 0.29) is 12.6 Å². The number of sulfonamides is 1. The normalized spacial score (nSPS) is 22.3. The molecule has 3 N–H and O–H groups in total. The summed E-state index contributed by atoms with van der Waals surface area (Å²) in [4.78, 5) is 0. The predicted molar refractivity (Wildman–Crippen MR) is 62.1 cm³/mol. The van der Waals surface area contributed by atoms with Crippen LogP contribution in [-0.2, 0) is 10.0 Å². The topological polar surface area (TPSA) is 72.2 Å². The van der Waals surface area contributed by atoms with Gasteiger partial charge < -0.3 is 5.73 Å². The zero-order valence-electron chi connectivity index (χ0n) is 9.41. The van der Waals surface area contributed by atoms with Crippen molar-refractivity contribution in [2.24, 2.45) is 5.73 Å². The molecule has 1 rings (SSSR count). The van der Waals surface area contributed by atoms with Crippen LogP contribution in [0.15, 0.2) is 0 Å². The van der Waals surface area contributed by atoms with Gasteiger partial charge in [-0.3, -0.25) is 0 Å².